The van der Waals surface area contributed by atoms with Gasteiger partial charge in [0.2, 0.25) is 0 Å². The maximum Gasteiger partial charge on any atom is 0.168 e. The van der Waals surface area contributed by atoms with E-state index in [9.17, 15) is 0 Å². The van der Waals surface area contributed by atoms with Gasteiger partial charge in [-0.1, -0.05) is 42.3 Å². The highest BCUT2D eigenvalue weighted by molar-refractivity contribution is 7.98. The van der Waals surface area contributed by atoms with E-state index in [0.717, 1.165) is 38.9 Å². The Hall–Kier alpha value is -0.550. The summed E-state index contributed by atoms with van der Waals surface area (Å²) in [5, 5.41) is 0. The molecular weight excluding hydrogens is 294 g/mol. The van der Waals surface area contributed by atoms with E-state index in [2.05, 4.69) is 55.8 Å². The minimum Gasteiger partial charge on any atom is -0.348 e. The molecule has 1 aliphatic carbocycles. The molecule has 1 N–H and O–H groups in total. The van der Waals surface area contributed by atoms with Crippen molar-refractivity contribution in [1.29, 1.82) is 0 Å². The van der Waals surface area contributed by atoms with Gasteiger partial charge in [-0.15, -0.1) is 0 Å². The smallest absolute Gasteiger partial charge is 0.168 e. The van der Waals surface area contributed by atoms with E-state index in [-0.39, 0.29) is 16.1 Å². The van der Waals surface area contributed by atoms with Gasteiger partial charge in [0.05, 0.1) is 18.8 Å². The van der Waals surface area contributed by atoms with Crippen LogP contribution in [0.4, 0.5) is 0 Å². The summed E-state index contributed by atoms with van der Waals surface area (Å²) in [6.45, 7) is 8.22. The van der Waals surface area contributed by atoms with Gasteiger partial charge < -0.3 is 9.47 Å². The van der Waals surface area contributed by atoms with Gasteiger partial charge in [-0.3, -0.25) is 4.72 Å². The molecule has 2 fully saturated rings. The van der Waals surface area contributed by atoms with Crippen LogP contribution < -0.4 is 4.72 Å². The van der Waals surface area contributed by atoms with Crippen LogP contribution in [0.3, 0.4) is 0 Å². The maximum absolute atomic E-state index is 5.90. The summed E-state index contributed by atoms with van der Waals surface area (Å²) in [5.74, 6) is -0.313. The summed E-state index contributed by atoms with van der Waals surface area (Å²) in [4.78, 5) is 0. The van der Waals surface area contributed by atoms with Gasteiger partial charge in [0, 0.05) is 17.6 Å². The first-order valence-electron chi connectivity index (χ1n) is 8.22. The van der Waals surface area contributed by atoms with Crippen molar-refractivity contribution in [2.75, 3.05) is 13.2 Å². The SMILES string of the molecule is CC(C)(C)SNC1(c2ccccc2)CCC2(CC1)OCCO2. The molecule has 1 saturated carbocycles. The maximum atomic E-state index is 5.90. The number of hydrogen-bond donors (Lipinski definition) is 1. The average Bonchev–Trinajstić information content (AvgIpc) is 2.96. The topological polar surface area (TPSA) is 30.5 Å². The Morgan fingerprint density at radius 1 is 0.955 bits per heavy atom. The lowest BCUT2D eigenvalue weighted by Gasteiger charge is -2.45. The number of benzene rings is 1. The second kappa shape index (κ2) is 6.16. The molecule has 3 nitrogen and oxygen atoms in total. The van der Waals surface area contributed by atoms with Crippen LogP contribution >= 0.6 is 11.9 Å². The highest BCUT2D eigenvalue weighted by atomic mass is 32.2. The van der Waals surface area contributed by atoms with E-state index < -0.39 is 0 Å². The van der Waals surface area contributed by atoms with E-state index in [1.807, 2.05) is 11.9 Å². The molecule has 1 aliphatic heterocycles. The fourth-order valence-electron chi connectivity index (χ4n) is 3.30. The molecule has 0 unspecified atom stereocenters. The molecular formula is C18H27NO2S. The zero-order valence-corrected chi connectivity index (χ0v) is 14.7. The van der Waals surface area contributed by atoms with E-state index in [1.165, 1.54) is 5.56 Å². The number of hydrogen-bond acceptors (Lipinski definition) is 4. The van der Waals surface area contributed by atoms with Crippen LogP contribution in [-0.4, -0.2) is 23.7 Å². The molecule has 0 aromatic heterocycles. The van der Waals surface area contributed by atoms with E-state index in [0.29, 0.717) is 0 Å². The van der Waals surface area contributed by atoms with Gasteiger partial charge in [-0.2, -0.15) is 0 Å². The predicted octanol–water partition coefficient (Wildman–Crippen LogP) is 4.24. The van der Waals surface area contributed by atoms with Crippen molar-refractivity contribution in [2.24, 2.45) is 0 Å². The molecule has 0 radical (unpaired) electrons. The average molecular weight is 321 g/mol. The van der Waals surface area contributed by atoms with Crippen LogP contribution in [0, 0.1) is 0 Å². The summed E-state index contributed by atoms with van der Waals surface area (Å²) in [6.07, 6.45) is 4.00. The van der Waals surface area contributed by atoms with Crippen molar-refractivity contribution in [3.63, 3.8) is 0 Å². The van der Waals surface area contributed by atoms with Crippen molar-refractivity contribution in [1.82, 2.24) is 4.72 Å². The summed E-state index contributed by atoms with van der Waals surface area (Å²) in [7, 11) is 0. The van der Waals surface area contributed by atoms with E-state index in [4.69, 9.17) is 9.47 Å². The van der Waals surface area contributed by atoms with Crippen molar-refractivity contribution < 1.29 is 9.47 Å². The molecule has 4 heteroatoms. The van der Waals surface area contributed by atoms with Gasteiger partial charge in [0.25, 0.3) is 0 Å². The van der Waals surface area contributed by atoms with Gasteiger partial charge in [0.1, 0.15) is 0 Å². The molecule has 1 heterocycles. The molecule has 1 aromatic rings. The Bertz CT molecular complexity index is 482. The molecule has 2 aliphatic rings. The monoisotopic (exact) mass is 321 g/mol. The van der Waals surface area contributed by atoms with Crippen LogP contribution in [0.15, 0.2) is 30.3 Å². The van der Waals surface area contributed by atoms with Gasteiger partial charge >= 0.3 is 0 Å². The third kappa shape index (κ3) is 3.51. The molecule has 3 rings (SSSR count). The van der Waals surface area contributed by atoms with E-state index >= 15 is 0 Å². The van der Waals surface area contributed by atoms with Gasteiger partial charge in [0.15, 0.2) is 5.79 Å². The normalized spacial score (nSPS) is 23.8. The van der Waals surface area contributed by atoms with Crippen LogP contribution in [0.1, 0.15) is 52.0 Å². The predicted molar refractivity (Wildman–Crippen MR) is 91.7 cm³/mol. The fraction of sp³-hybridized carbons (Fsp3) is 0.667. The summed E-state index contributed by atoms with van der Waals surface area (Å²) >= 11 is 1.83. The van der Waals surface area contributed by atoms with Crippen molar-refractivity contribution in [3.8, 4) is 0 Å². The molecule has 1 spiro atoms. The number of nitrogens with one attached hydrogen (secondary N) is 1. The molecule has 22 heavy (non-hydrogen) atoms. The van der Waals surface area contributed by atoms with Gasteiger partial charge in [-0.25, -0.2) is 0 Å². The Morgan fingerprint density at radius 2 is 1.55 bits per heavy atom. The Morgan fingerprint density at radius 3 is 2.09 bits per heavy atom. The zero-order valence-electron chi connectivity index (χ0n) is 13.9. The lowest BCUT2D eigenvalue weighted by atomic mass is 9.75. The Balaban J connectivity index is 1.79. The minimum absolute atomic E-state index is 0.0137. The number of rotatable bonds is 3. The van der Waals surface area contributed by atoms with Crippen LogP contribution in [0.25, 0.3) is 0 Å². The molecule has 1 aromatic carbocycles. The highest BCUT2D eigenvalue weighted by Crippen LogP contribution is 2.46. The largest absolute Gasteiger partial charge is 0.348 e. The minimum atomic E-state index is -0.313. The third-order valence-corrected chi connectivity index (χ3v) is 5.66. The van der Waals surface area contributed by atoms with Crippen LogP contribution in [-0.2, 0) is 15.0 Å². The van der Waals surface area contributed by atoms with Crippen molar-refractivity contribution in [3.05, 3.63) is 35.9 Å². The summed E-state index contributed by atoms with van der Waals surface area (Å²) in [5.41, 5.74) is 1.39. The van der Waals surface area contributed by atoms with Crippen LogP contribution in [0.2, 0.25) is 0 Å². The quantitative estimate of drug-likeness (QED) is 0.844. The molecule has 0 amide bonds. The summed E-state index contributed by atoms with van der Waals surface area (Å²) < 4.78 is 15.8. The molecule has 1 saturated heterocycles. The summed E-state index contributed by atoms with van der Waals surface area (Å²) in [6, 6.07) is 10.8. The van der Waals surface area contributed by atoms with Crippen LogP contribution in [0.5, 0.6) is 0 Å². The van der Waals surface area contributed by atoms with Crippen molar-refractivity contribution in [2.45, 2.75) is 62.5 Å². The molecule has 0 atom stereocenters. The molecule has 122 valence electrons. The highest BCUT2D eigenvalue weighted by Gasteiger charge is 2.47. The standard InChI is InChI=1S/C18H27NO2S/c1-16(2,3)22-19-17(15-7-5-4-6-8-15)9-11-18(12-10-17)20-13-14-21-18/h4-8,19H,9-14H2,1-3H3. The zero-order chi connectivity index (χ0) is 15.7. The Labute approximate surface area is 138 Å². The third-order valence-electron chi connectivity index (χ3n) is 4.56. The van der Waals surface area contributed by atoms with E-state index in [1.54, 1.807) is 0 Å². The first-order valence-corrected chi connectivity index (χ1v) is 9.04. The second-order valence-corrected chi connectivity index (χ2v) is 9.01. The molecule has 0 bridgehead atoms. The lowest BCUT2D eigenvalue weighted by Crippen LogP contribution is -2.48. The second-order valence-electron chi connectivity index (χ2n) is 7.37. The first-order chi connectivity index (χ1) is 10.4. The van der Waals surface area contributed by atoms with Crippen molar-refractivity contribution >= 4 is 11.9 Å². The fourth-order valence-corrected chi connectivity index (χ4v) is 4.12. The first kappa shape index (κ1) is 16.3. The lowest BCUT2D eigenvalue weighted by molar-refractivity contribution is -0.185. The van der Waals surface area contributed by atoms with Gasteiger partial charge in [-0.05, 0) is 39.2 Å². The number of ether oxygens (including phenoxy) is 2. The Kier molecular flexibility index (Phi) is 4.56.